The lowest BCUT2D eigenvalue weighted by atomic mass is 9.88. The fraction of sp³-hybridized carbons (Fsp3) is 1.00. The van der Waals surface area contributed by atoms with E-state index in [1.807, 2.05) is 0 Å². The first kappa shape index (κ1) is 16.0. The zero-order valence-electron chi connectivity index (χ0n) is 13.0. The largest absolute Gasteiger partial charge is 0.315 e. The van der Waals surface area contributed by atoms with Crippen LogP contribution in [-0.4, -0.2) is 37.6 Å². The summed E-state index contributed by atoms with van der Waals surface area (Å²) < 4.78 is 0. The number of rotatable bonds is 8. The average molecular weight is 254 g/mol. The van der Waals surface area contributed by atoms with Crippen LogP contribution in [0, 0.1) is 11.8 Å². The van der Waals surface area contributed by atoms with Crippen LogP contribution in [0.1, 0.15) is 59.3 Å². The van der Waals surface area contributed by atoms with Gasteiger partial charge in [0, 0.05) is 19.1 Å². The molecule has 1 rings (SSSR count). The molecule has 1 aliphatic carbocycles. The van der Waals surface area contributed by atoms with Crippen LogP contribution in [0.2, 0.25) is 0 Å². The first-order valence-electron chi connectivity index (χ1n) is 8.04. The van der Waals surface area contributed by atoms with Crippen molar-refractivity contribution < 1.29 is 0 Å². The molecule has 0 bridgehead atoms. The van der Waals surface area contributed by atoms with Crippen molar-refractivity contribution in [1.29, 1.82) is 0 Å². The number of likely N-dealkylation sites (N-methyl/N-ethyl adjacent to an activating group) is 1. The van der Waals surface area contributed by atoms with Gasteiger partial charge in [0.1, 0.15) is 0 Å². The second-order valence-electron chi connectivity index (χ2n) is 6.56. The molecule has 1 saturated carbocycles. The topological polar surface area (TPSA) is 15.3 Å². The summed E-state index contributed by atoms with van der Waals surface area (Å²) in [6, 6.07) is 0.714. The minimum Gasteiger partial charge on any atom is -0.315 e. The molecule has 0 amide bonds. The summed E-state index contributed by atoms with van der Waals surface area (Å²) >= 11 is 0. The van der Waals surface area contributed by atoms with Crippen molar-refractivity contribution >= 4 is 0 Å². The predicted molar refractivity (Wildman–Crippen MR) is 81.0 cm³/mol. The van der Waals surface area contributed by atoms with E-state index in [-0.39, 0.29) is 0 Å². The number of hydrogen-bond donors (Lipinski definition) is 1. The quantitative estimate of drug-likeness (QED) is 0.713. The second-order valence-corrected chi connectivity index (χ2v) is 6.56. The fourth-order valence-electron chi connectivity index (χ4n) is 3.08. The summed E-state index contributed by atoms with van der Waals surface area (Å²) in [7, 11) is 2.32. The Hall–Kier alpha value is -0.0800. The van der Waals surface area contributed by atoms with Gasteiger partial charge in [0.2, 0.25) is 0 Å². The van der Waals surface area contributed by atoms with Crippen molar-refractivity contribution in [2.45, 2.75) is 65.3 Å². The second kappa shape index (κ2) is 8.92. The van der Waals surface area contributed by atoms with Gasteiger partial charge in [-0.15, -0.1) is 0 Å². The number of nitrogens with zero attached hydrogens (tertiary/aromatic N) is 1. The summed E-state index contributed by atoms with van der Waals surface area (Å²) in [5.74, 6) is 1.72. The first-order valence-corrected chi connectivity index (χ1v) is 8.04. The molecule has 0 radical (unpaired) electrons. The first-order chi connectivity index (χ1) is 8.63. The highest BCUT2D eigenvalue weighted by Crippen LogP contribution is 2.24. The molecule has 2 nitrogen and oxygen atoms in total. The van der Waals surface area contributed by atoms with Crippen LogP contribution < -0.4 is 5.32 Å². The lowest BCUT2D eigenvalue weighted by molar-refractivity contribution is 0.174. The normalized spacial score (nSPS) is 19.7. The summed E-state index contributed by atoms with van der Waals surface area (Å²) in [4.78, 5) is 2.60. The van der Waals surface area contributed by atoms with Crippen LogP contribution in [-0.2, 0) is 0 Å². The Kier molecular flexibility index (Phi) is 7.92. The Morgan fingerprint density at radius 1 is 1.11 bits per heavy atom. The fourth-order valence-corrected chi connectivity index (χ4v) is 3.08. The Balaban J connectivity index is 2.24. The highest BCUT2D eigenvalue weighted by atomic mass is 15.1. The minimum absolute atomic E-state index is 0.714. The molecule has 0 saturated heterocycles. The van der Waals surface area contributed by atoms with Crippen molar-refractivity contribution in [3.05, 3.63) is 0 Å². The third-order valence-electron chi connectivity index (χ3n) is 4.30. The third-order valence-corrected chi connectivity index (χ3v) is 4.30. The molecule has 1 fully saturated rings. The number of hydrogen-bond acceptors (Lipinski definition) is 2. The molecule has 1 N–H and O–H groups in total. The van der Waals surface area contributed by atoms with Crippen LogP contribution in [0.4, 0.5) is 0 Å². The highest BCUT2D eigenvalue weighted by molar-refractivity contribution is 4.75. The minimum atomic E-state index is 0.714. The maximum absolute atomic E-state index is 3.61. The molecule has 0 heterocycles. The molecule has 2 heteroatoms. The Bertz CT molecular complexity index is 197. The summed E-state index contributed by atoms with van der Waals surface area (Å²) in [6.07, 6.45) is 8.56. The van der Waals surface area contributed by atoms with E-state index in [0.29, 0.717) is 6.04 Å². The molecule has 18 heavy (non-hydrogen) atoms. The molecule has 0 aromatic heterocycles. The van der Waals surface area contributed by atoms with Crippen LogP contribution >= 0.6 is 0 Å². The third kappa shape index (κ3) is 6.19. The predicted octanol–water partition coefficient (Wildman–Crippen LogP) is 3.52. The Morgan fingerprint density at radius 3 is 2.33 bits per heavy atom. The highest BCUT2D eigenvalue weighted by Gasteiger charge is 2.19. The number of nitrogens with one attached hydrogen (secondary N) is 1. The summed E-state index contributed by atoms with van der Waals surface area (Å²) in [5.41, 5.74) is 0. The van der Waals surface area contributed by atoms with Crippen LogP contribution in [0.3, 0.4) is 0 Å². The Labute approximate surface area is 115 Å². The van der Waals surface area contributed by atoms with Crippen molar-refractivity contribution in [2.24, 2.45) is 11.8 Å². The zero-order chi connectivity index (χ0) is 13.4. The van der Waals surface area contributed by atoms with Crippen LogP contribution in [0.5, 0.6) is 0 Å². The van der Waals surface area contributed by atoms with Gasteiger partial charge in [-0.2, -0.15) is 0 Å². The SMILES string of the molecule is CCC(CNCC(C)C)N(C)CC1CCCCC1. The molecule has 0 spiro atoms. The van der Waals surface area contributed by atoms with Crippen molar-refractivity contribution in [3.8, 4) is 0 Å². The summed E-state index contributed by atoms with van der Waals surface area (Å²) in [5, 5.41) is 3.61. The van der Waals surface area contributed by atoms with E-state index < -0.39 is 0 Å². The molecular weight excluding hydrogens is 220 g/mol. The maximum Gasteiger partial charge on any atom is 0.0215 e. The van der Waals surface area contributed by atoms with E-state index in [9.17, 15) is 0 Å². The molecule has 0 aromatic carbocycles. The van der Waals surface area contributed by atoms with Gasteiger partial charge < -0.3 is 10.2 Å². The van der Waals surface area contributed by atoms with E-state index in [2.05, 4.69) is 38.0 Å². The molecular formula is C16H34N2. The van der Waals surface area contributed by atoms with Crippen LogP contribution in [0.15, 0.2) is 0 Å². The van der Waals surface area contributed by atoms with E-state index in [0.717, 1.165) is 24.9 Å². The monoisotopic (exact) mass is 254 g/mol. The maximum atomic E-state index is 3.61. The van der Waals surface area contributed by atoms with Gasteiger partial charge in [0.05, 0.1) is 0 Å². The smallest absolute Gasteiger partial charge is 0.0215 e. The van der Waals surface area contributed by atoms with E-state index in [1.54, 1.807) is 0 Å². The molecule has 1 unspecified atom stereocenters. The van der Waals surface area contributed by atoms with E-state index >= 15 is 0 Å². The van der Waals surface area contributed by atoms with Gasteiger partial charge in [-0.25, -0.2) is 0 Å². The van der Waals surface area contributed by atoms with Gasteiger partial charge in [0.25, 0.3) is 0 Å². The average Bonchev–Trinajstić information content (AvgIpc) is 2.35. The molecule has 1 aliphatic rings. The molecule has 1 atom stereocenters. The van der Waals surface area contributed by atoms with Crippen molar-refractivity contribution in [3.63, 3.8) is 0 Å². The zero-order valence-corrected chi connectivity index (χ0v) is 13.0. The Morgan fingerprint density at radius 2 is 1.78 bits per heavy atom. The van der Waals surface area contributed by atoms with Gasteiger partial charge in [-0.3, -0.25) is 0 Å². The van der Waals surface area contributed by atoms with Gasteiger partial charge in [0.15, 0.2) is 0 Å². The standard InChI is InChI=1S/C16H34N2/c1-5-16(12-17-11-14(2)3)18(4)13-15-9-7-6-8-10-15/h14-17H,5-13H2,1-4H3. The van der Waals surface area contributed by atoms with Crippen molar-refractivity contribution in [2.75, 3.05) is 26.7 Å². The van der Waals surface area contributed by atoms with Gasteiger partial charge >= 0.3 is 0 Å². The molecule has 0 aromatic rings. The van der Waals surface area contributed by atoms with Crippen LogP contribution in [0.25, 0.3) is 0 Å². The lowest BCUT2D eigenvalue weighted by Gasteiger charge is -2.32. The molecule has 0 aliphatic heterocycles. The lowest BCUT2D eigenvalue weighted by Crippen LogP contribution is -2.42. The molecule has 108 valence electrons. The van der Waals surface area contributed by atoms with Crippen molar-refractivity contribution in [1.82, 2.24) is 10.2 Å². The van der Waals surface area contributed by atoms with Gasteiger partial charge in [-0.05, 0) is 44.7 Å². The van der Waals surface area contributed by atoms with Gasteiger partial charge in [-0.1, -0.05) is 40.0 Å². The van der Waals surface area contributed by atoms with E-state index in [1.165, 1.54) is 45.1 Å². The van der Waals surface area contributed by atoms with E-state index in [4.69, 9.17) is 0 Å². The summed E-state index contributed by atoms with van der Waals surface area (Å²) in [6.45, 7) is 10.5.